The fourth-order valence-electron chi connectivity index (χ4n) is 3.95. The summed E-state index contributed by atoms with van der Waals surface area (Å²) in [5.41, 5.74) is 3.69. The third kappa shape index (κ3) is 6.69. The molecule has 1 unspecified atom stereocenters. The van der Waals surface area contributed by atoms with Crippen LogP contribution in [0.1, 0.15) is 30.0 Å². The number of amides is 2. The van der Waals surface area contributed by atoms with Crippen LogP contribution in [0, 0.1) is 0 Å². The van der Waals surface area contributed by atoms with Crippen LogP contribution in [-0.2, 0) is 38.6 Å². The molecule has 1 heterocycles. The number of anilines is 1. The Labute approximate surface area is 204 Å². The lowest BCUT2D eigenvalue weighted by molar-refractivity contribution is -0.161. The minimum atomic E-state index is -0.961. The third-order valence-corrected chi connectivity index (χ3v) is 5.73. The fraction of sp³-hybridized carbons (Fsp3) is 0.250. The number of benzene rings is 3. The predicted octanol–water partition coefficient (Wildman–Crippen LogP) is 4.11. The molecular weight excluding hydrogens is 444 g/mol. The zero-order chi connectivity index (χ0) is 24.6. The quantitative estimate of drug-likeness (QED) is 0.474. The van der Waals surface area contributed by atoms with E-state index in [9.17, 15) is 14.4 Å². The van der Waals surface area contributed by atoms with Gasteiger partial charge in [-0.3, -0.25) is 9.59 Å². The molecule has 7 heteroatoms. The van der Waals surface area contributed by atoms with Crippen molar-refractivity contribution in [2.45, 2.75) is 39.0 Å². The highest BCUT2D eigenvalue weighted by Crippen LogP contribution is 2.26. The lowest BCUT2D eigenvalue weighted by atomic mass is 10.0. The molecule has 0 radical (unpaired) electrons. The van der Waals surface area contributed by atoms with Gasteiger partial charge in [0.05, 0.1) is 0 Å². The molecule has 0 aromatic heterocycles. The van der Waals surface area contributed by atoms with E-state index in [0.717, 1.165) is 22.4 Å². The van der Waals surface area contributed by atoms with Gasteiger partial charge < -0.3 is 19.7 Å². The van der Waals surface area contributed by atoms with Crippen molar-refractivity contribution in [2.24, 2.45) is 0 Å². The maximum Gasteiger partial charge on any atom is 0.344 e. The van der Waals surface area contributed by atoms with Crippen molar-refractivity contribution < 1.29 is 23.9 Å². The minimum Gasteiger partial charge on any atom is -0.482 e. The van der Waals surface area contributed by atoms with E-state index in [1.807, 2.05) is 60.7 Å². The number of rotatable bonds is 9. The van der Waals surface area contributed by atoms with Gasteiger partial charge in [0.1, 0.15) is 5.75 Å². The van der Waals surface area contributed by atoms with Crippen molar-refractivity contribution >= 4 is 23.5 Å². The van der Waals surface area contributed by atoms with E-state index in [-0.39, 0.29) is 18.4 Å². The van der Waals surface area contributed by atoms with Crippen LogP contribution < -0.4 is 10.1 Å². The topological polar surface area (TPSA) is 84.9 Å². The molecule has 3 aromatic rings. The Bertz CT molecular complexity index is 1140. The van der Waals surface area contributed by atoms with Crippen molar-refractivity contribution in [1.29, 1.82) is 0 Å². The van der Waals surface area contributed by atoms with Crippen LogP contribution >= 0.6 is 0 Å². The Hall–Kier alpha value is -4.13. The minimum absolute atomic E-state index is 0.0121. The zero-order valence-corrected chi connectivity index (χ0v) is 19.6. The van der Waals surface area contributed by atoms with Crippen LogP contribution in [0.3, 0.4) is 0 Å². The zero-order valence-electron chi connectivity index (χ0n) is 19.6. The summed E-state index contributed by atoms with van der Waals surface area (Å²) in [4.78, 5) is 38.8. The van der Waals surface area contributed by atoms with Gasteiger partial charge in [0.25, 0.3) is 5.91 Å². The Morgan fingerprint density at radius 1 is 0.914 bits per heavy atom. The molecule has 0 spiro atoms. The molecule has 4 rings (SSSR count). The molecule has 1 aliphatic heterocycles. The summed E-state index contributed by atoms with van der Waals surface area (Å²) in [6.07, 6.45) is 0.0745. The van der Waals surface area contributed by atoms with Crippen LogP contribution in [0.4, 0.5) is 5.69 Å². The van der Waals surface area contributed by atoms with Crippen molar-refractivity contribution in [2.75, 3.05) is 11.9 Å². The van der Waals surface area contributed by atoms with Crippen LogP contribution in [0.25, 0.3) is 0 Å². The number of carbonyl (C=O) groups excluding carboxylic acids is 3. The molecule has 35 heavy (non-hydrogen) atoms. The molecule has 180 valence electrons. The molecule has 2 amide bonds. The molecule has 0 aliphatic carbocycles. The summed E-state index contributed by atoms with van der Waals surface area (Å²) < 4.78 is 11.0. The smallest absolute Gasteiger partial charge is 0.344 e. The highest BCUT2D eigenvalue weighted by atomic mass is 16.6. The summed E-state index contributed by atoms with van der Waals surface area (Å²) in [7, 11) is 0. The van der Waals surface area contributed by atoms with Crippen LogP contribution in [0.5, 0.6) is 5.75 Å². The van der Waals surface area contributed by atoms with Gasteiger partial charge in [-0.05, 0) is 48.2 Å². The monoisotopic (exact) mass is 472 g/mol. The number of hydrogen-bond donors (Lipinski definition) is 1. The molecule has 0 fully saturated rings. The highest BCUT2D eigenvalue weighted by molar-refractivity contribution is 5.94. The van der Waals surface area contributed by atoms with Gasteiger partial charge in [-0.25, -0.2) is 4.79 Å². The Morgan fingerprint density at radius 2 is 1.54 bits per heavy atom. The second kappa shape index (κ2) is 11.3. The average Bonchev–Trinajstić information content (AvgIpc) is 2.88. The van der Waals surface area contributed by atoms with E-state index >= 15 is 0 Å². The van der Waals surface area contributed by atoms with Crippen molar-refractivity contribution in [3.05, 3.63) is 95.6 Å². The maximum absolute atomic E-state index is 13.2. The summed E-state index contributed by atoms with van der Waals surface area (Å²) in [6, 6.07) is 24.6. The summed E-state index contributed by atoms with van der Waals surface area (Å²) in [6.45, 7) is 2.06. The second-order valence-corrected chi connectivity index (χ2v) is 8.45. The number of fused-ring (bicyclic) bond motifs is 1. The predicted molar refractivity (Wildman–Crippen MR) is 132 cm³/mol. The lowest BCUT2D eigenvalue weighted by Crippen LogP contribution is -2.39. The van der Waals surface area contributed by atoms with E-state index in [1.165, 1.54) is 0 Å². The van der Waals surface area contributed by atoms with Gasteiger partial charge in [0.15, 0.2) is 12.7 Å². The van der Waals surface area contributed by atoms with E-state index in [1.54, 1.807) is 30.0 Å². The number of ether oxygens (including phenoxy) is 2. The van der Waals surface area contributed by atoms with E-state index < -0.39 is 12.1 Å². The highest BCUT2D eigenvalue weighted by Gasteiger charge is 2.25. The normalized spacial score (nSPS) is 13.2. The van der Waals surface area contributed by atoms with Gasteiger partial charge >= 0.3 is 5.97 Å². The molecule has 0 saturated carbocycles. The molecule has 0 saturated heterocycles. The van der Waals surface area contributed by atoms with Crippen LogP contribution in [0.2, 0.25) is 0 Å². The molecule has 1 N–H and O–H groups in total. The summed E-state index contributed by atoms with van der Waals surface area (Å²) >= 11 is 0. The number of hydrogen-bond acceptors (Lipinski definition) is 5. The summed E-state index contributed by atoms with van der Waals surface area (Å²) in [5.74, 6) is -0.417. The maximum atomic E-state index is 13.2. The number of nitrogens with one attached hydrogen (secondary N) is 1. The number of aryl methyl sites for hydroxylation is 1. The van der Waals surface area contributed by atoms with Crippen LogP contribution in [-0.4, -0.2) is 35.4 Å². The van der Waals surface area contributed by atoms with Crippen LogP contribution in [0.15, 0.2) is 78.9 Å². The van der Waals surface area contributed by atoms with Gasteiger partial charge in [0, 0.05) is 25.2 Å². The third-order valence-electron chi connectivity index (χ3n) is 5.73. The standard InChI is InChI=1S/C28H28N2O5/c1-20(35-27(32)19-34-24-13-14-25-23(16-24)12-15-26(31)29-25)28(33)30(17-21-8-4-2-5-9-21)18-22-10-6-3-7-11-22/h2-11,13-14,16,20H,12,15,17-19H2,1H3,(H,29,31). The Morgan fingerprint density at radius 3 is 2.17 bits per heavy atom. The Kier molecular flexibility index (Phi) is 7.77. The van der Waals surface area contributed by atoms with Gasteiger partial charge in [-0.2, -0.15) is 0 Å². The lowest BCUT2D eigenvalue weighted by Gasteiger charge is -2.26. The molecular formula is C28H28N2O5. The van der Waals surface area contributed by atoms with Crippen molar-refractivity contribution in [3.63, 3.8) is 0 Å². The van der Waals surface area contributed by atoms with Crippen molar-refractivity contribution in [3.8, 4) is 5.75 Å². The van der Waals surface area contributed by atoms with Gasteiger partial charge in [-0.15, -0.1) is 0 Å². The van der Waals surface area contributed by atoms with Gasteiger partial charge in [-0.1, -0.05) is 60.7 Å². The first-order valence-electron chi connectivity index (χ1n) is 11.6. The molecule has 7 nitrogen and oxygen atoms in total. The molecule has 3 aromatic carbocycles. The van der Waals surface area contributed by atoms with E-state index in [2.05, 4.69) is 5.32 Å². The second-order valence-electron chi connectivity index (χ2n) is 8.45. The number of esters is 1. The first kappa shape index (κ1) is 24.0. The first-order chi connectivity index (χ1) is 17.0. The largest absolute Gasteiger partial charge is 0.482 e. The Balaban J connectivity index is 1.35. The molecule has 1 atom stereocenters. The number of carbonyl (C=O) groups is 3. The molecule has 0 bridgehead atoms. The van der Waals surface area contributed by atoms with E-state index in [0.29, 0.717) is 31.7 Å². The molecule has 1 aliphatic rings. The van der Waals surface area contributed by atoms with Crippen molar-refractivity contribution in [1.82, 2.24) is 4.90 Å². The SMILES string of the molecule is CC(OC(=O)COc1ccc2c(c1)CCC(=O)N2)C(=O)N(Cc1ccccc1)Cc1ccccc1. The summed E-state index contributed by atoms with van der Waals surface area (Å²) in [5, 5.41) is 2.81. The first-order valence-corrected chi connectivity index (χ1v) is 11.6. The van der Waals surface area contributed by atoms with E-state index in [4.69, 9.17) is 9.47 Å². The average molecular weight is 473 g/mol. The number of nitrogens with zero attached hydrogens (tertiary/aromatic N) is 1. The van der Waals surface area contributed by atoms with Gasteiger partial charge in [0.2, 0.25) is 5.91 Å². The fourth-order valence-corrected chi connectivity index (χ4v) is 3.95.